The molecule has 1 N–H and O–H groups in total. The fraction of sp³-hybridized carbons (Fsp3) is 0.400. The molecule has 1 aromatic carbocycles. The molecule has 9 heteroatoms. The van der Waals surface area contributed by atoms with Gasteiger partial charge in [0.1, 0.15) is 11.8 Å². The van der Waals surface area contributed by atoms with E-state index in [1.807, 2.05) is 36.0 Å². The molecule has 2 unspecified atom stereocenters. The highest BCUT2D eigenvalue weighted by Crippen LogP contribution is 2.27. The van der Waals surface area contributed by atoms with Crippen LogP contribution >= 0.6 is 0 Å². The number of benzene rings is 1. The van der Waals surface area contributed by atoms with Gasteiger partial charge in [-0.2, -0.15) is 10.2 Å². The second-order valence-electron chi connectivity index (χ2n) is 7.02. The number of carbonyl (C=O) groups excluding carboxylic acids is 1. The van der Waals surface area contributed by atoms with Crippen LogP contribution in [0.1, 0.15) is 25.0 Å². The number of aliphatic carboxylic acids is 1. The molecule has 0 radical (unpaired) electrons. The molecule has 4 rings (SSSR count). The summed E-state index contributed by atoms with van der Waals surface area (Å²) in [6.07, 6.45) is 3.49. The van der Waals surface area contributed by atoms with Crippen LogP contribution in [0.25, 0.3) is 0 Å². The van der Waals surface area contributed by atoms with E-state index in [-0.39, 0.29) is 24.1 Å². The van der Waals surface area contributed by atoms with E-state index in [4.69, 9.17) is 4.74 Å². The largest absolute Gasteiger partial charge is 0.480 e. The molecule has 2 aromatic rings. The number of carboxylic acid groups (broad SMARTS) is 1. The minimum absolute atomic E-state index is 0.0683. The second-order valence-corrected chi connectivity index (χ2v) is 7.02. The van der Waals surface area contributed by atoms with Crippen molar-refractivity contribution in [1.82, 2.24) is 14.7 Å². The molecule has 2 aliphatic heterocycles. The highest BCUT2D eigenvalue weighted by molar-refractivity contribution is 6.40. The first-order valence-corrected chi connectivity index (χ1v) is 9.64. The molecule has 29 heavy (non-hydrogen) atoms. The van der Waals surface area contributed by atoms with E-state index in [1.54, 1.807) is 23.2 Å². The summed E-state index contributed by atoms with van der Waals surface area (Å²) >= 11 is 0. The fourth-order valence-electron chi connectivity index (χ4n) is 3.59. The third-order valence-electron chi connectivity index (χ3n) is 5.17. The van der Waals surface area contributed by atoms with E-state index < -0.39 is 12.0 Å². The number of ether oxygens (including phenoxy) is 1. The smallest absolute Gasteiger partial charge is 0.328 e. The predicted molar refractivity (Wildman–Crippen MR) is 106 cm³/mol. The zero-order valence-corrected chi connectivity index (χ0v) is 16.1. The Morgan fingerprint density at radius 2 is 2.07 bits per heavy atom. The summed E-state index contributed by atoms with van der Waals surface area (Å²) in [7, 11) is 0. The highest BCUT2D eigenvalue weighted by atomic mass is 16.5. The van der Waals surface area contributed by atoms with Crippen molar-refractivity contribution in [3.05, 3.63) is 48.3 Å². The monoisotopic (exact) mass is 397 g/mol. The lowest BCUT2D eigenvalue weighted by Gasteiger charge is -2.32. The van der Waals surface area contributed by atoms with Gasteiger partial charge in [0.25, 0.3) is 5.91 Å². The number of carbonyl (C=O) groups is 2. The zero-order valence-electron chi connectivity index (χ0n) is 16.1. The molecule has 0 bridgehead atoms. The van der Waals surface area contributed by atoms with Gasteiger partial charge in [0, 0.05) is 31.3 Å². The van der Waals surface area contributed by atoms with Gasteiger partial charge < -0.3 is 14.7 Å². The Balaban J connectivity index is 1.51. The standard InChI is InChI=1S/C20H23N5O4/c1-2-24-12-14(11-21-24)18-13-23(8-9-29-18)19(26)16-10-17(20(27)28)25(22-16)15-6-4-3-5-7-15/h3-7,11-12,17-18H,2,8-10,13H2,1H3,(H,27,28). The molecule has 1 fully saturated rings. The SMILES string of the molecule is CCn1cc(C2CN(C(=O)C3=NN(c4ccccc4)C(C(=O)O)C3)CCO2)cn1. The molecular formula is C20H23N5O4. The van der Waals surface area contributed by atoms with Gasteiger partial charge in [-0.05, 0) is 19.1 Å². The Kier molecular flexibility index (Phi) is 5.30. The van der Waals surface area contributed by atoms with Crippen molar-refractivity contribution < 1.29 is 19.4 Å². The van der Waals surface area contributed by atoms with Gasteiger partial charge >= 0.3 is 5.97 Å². The quantitative estimate of drug-likeness (QED) is 0.821. The maximum atomic E-state index is 13.1. The number of morpholine rings is 1. The van der Waals surface area contributed by atoms with Crippen LogP contribution in [-0.2, 0) is 20.9 Å². The maximum Gasteiger partial charge on any atom is 0.328 e. The van der Waals surface area contributed by atoms with Crippen LogP contribution in [0.4, 0.5) is 5.69 Å². The third kappa shape index (κ3) is 3.86. The van der Waals surface area contributed by atoms with Crippen molar-refractivity contribution in [2.24, 2.45) is 5.10 Å². The first-order valence-electron chi connectivity index (χ1n) is 9.64. The number of hydrogen-bond acceptors (Lipinski definition) is 6. The average Bonchev–Trinajstić information content (AvgIpc) is 3.41. The van der Waals surface area contributed by atoms with Crippen LogP contribution in [0.5, 0.6) is 0 Å². The molecule has 2 atom stereocenters. The minimum atomic E-state index is -1.01. The number of aryl methyl sites for hydroxylation is 1. The Morgan fingerprint density at radius 3 is 2.76 bits per heavy atom. The normalized spacial score (nSPS) is 21.9. The Hall–Kier alpha value is -3.20. The minimum Gasteiger partial charge on any atom is -0.480 e. The van der Waals surface area contributed by atoms with Gasteiger partial charge in [-0.1, -0.05) is 18.2 Å². The van der Waals surface area contributed by atoms with Gasteiger partial charge in [0.15, 0.2) is 6.04 Å². The number of nitrogens with zero attached hydrogens (tertiary/aromatic N) is 5. The summed E-state index contributed by atoms with van der Waals surface area (Å²) in [5.41, 5.74) is 1.83. The number of para-hydroxylation sites is 1. The predicted octanol–water partition coefficient (Wildman–Crippen LogP) is 1.52. The van der Waals surface area contributed by atoms with Crippen molar-refractivity contribution >= 4 is 23.3 Å². The average molecular weight is 397 g/mol. The summed E-state index contributed by atoms with van der Waals surface area (Å²) in [4.78, 5) is 26.5. The molecule has 1 aromatic heterocycles. The molecule has 0 aliphatic carbocycles. The third-order valence-corrected chi connectivity index (χ3v) is 5.17. The molecule has 0 saturated carbocycles. The van der Waals surface area contributed by atoms with E-state index in [1.165, 1.54) is 5.01 Å². The summed E-state index contributed by atoms with van der Waals surface area (Å²) in [6, 6.07) is 8.14. The van der Waals surface area contributed by atoms with E-state index in [0.29, 0.717) is 25.4 Å². The summed E-state index contributed by atoms with van der Waals surface area (Å²) in [5, 5.41) is 19.7. The van der Waals surface area contributed by atoms with E-state index in [9.17, 15) is 14.7 Å². The lowest BCUT2D eigenvalue weighted by molar-refractivity contribution is -0.138. The van der Waals surface area contributed by atoms with E-state index in [2.05, 4.69) is 10.2 Å². The lowest BCUT2D eigenvalue weighted by Crippen LogP contribution is -2.45. The van der Waals surface area contributed by atoms with Crippen LogP contribution in [0, 0.1) is 0 Å². The van der Waals surface area contributed by atoms with Crippen molar-refractivity contribution in [1.29, 1.82) is 0 Å². The van der Waals surface area contributed by atoms with Crippen molar-refractivity contribution in [3.63, 3.8) is 0 Å². The van der Waals surface area contributed by atoms with E-state index >= 15 is 0 Å². The maximum absolute atomic E-state index is 13.1. The van der Waals surface area contributed by atoms with Gasteiger partial charge in [0.2, 0.25) is 0 Å². The molecule has 152 valence electrons. The Bertz CT molecular complexity index is 926. The number of carboxylic acids is 1. The topological polar surface area (TPSA) is 100 Å². The van der Waals surface area contributed by atoms with Gasteiger partial charge in [-0.3, -0.25) is 14.5 Å². The fourth-order valence-corrected chi connectivity index (χ4v) is 3.59. The summed E-state index contributed by atoms with van der Waals surface area (Å²) in [5.74, 6) is -1.25. The van der Waals surface area contributed by atoms with Gasteiger partial charge in [0.05, 0.1) is 25.0 Å². The molecule has 3 heterocycles. The number of hydrogen-bond donors (Lipinski definition) is 1. The van der Waals surface area contributed by atoms with Crippen molar-refractivity contribution in [2.45, 2.75) is 32.0 Å². The highest BCUT2D eigenvalue weighted by Gasteiger charge is 2.38. The Morgan fingerprint density at radius 1 is 1.28 bits per heavy atom. The number of anilines is 1. The second kappa shape index (κ2) is 8.04. The van der Waals surface area contributed by atoms with Crippen LogP contribution in [0.3, 0.4) is 0 Å². The van der Waals surface area contributed by atoms with E-state index in [0.717, 1.165) is 12.1 Å². The molecule has 9 nitrogen and oxygen atoms in total. The zero-order chi connectivity index (χ0) is 20.4. The number of rotatable bonds is 5. The van der Waals surface area contributed by atoms with Crippen molar-refractivity contribution in [2.75, 3.05) is 24.7 Å². The Labute approximate surface area is 168 Å². The summed E-state index contributed by atoms with van der Waals surface area (Å²) < 4.78 is 7.64. The van der Waals surface area contributed by atoms with Crippen LogP contribution in [0.15, 0.2) is 47.8 Å². The number of hydrazone groups is 1. The molecular weight excluding hydrogens is 374 g/mol. The lowest BCUT2D eigenvalue weighted by atomic mass is 10.1. The first kappa shape index (κ1) is 19.1. The van der Waals surface area contributed by atoms with Gasteiger partial charge in [-0.25, -0.2) is 4.79 Å². The summed E-state index contributed by atoms with van der Waals surface area (Å²) in [6.45, 7) is 4.00. The van der Waals surface area contributed by atoms with Crippen molar-refractivity contribution in [3.8, 4) is 0 Å². The van der Waals surface area contributed by atoms with Gasteiger partial charge in [-0.15, -0.1) is 0 Å². The number of aromatic nitrogens is 2. The molecule has 1 saturated heterocycles. The number of amides is 1. The van der Waals surface area contributed by atoms with Crippen LogP contribution < -0.4 is 5.01 Å². The van der Waals surface area contributed by atoms with Crippen LogP contribution in [0.2, 0.25) is 0 Å². The van der Waals surface area contributed by atoms with Crippen LogP contribution in [-0.4, -0.2) is 63.1 Å². The molecule has 2 aliphatic rings. The molecule has 1 amide bonds. The first-order chi connectivity index (χ1) is 14.1. The molecule has 0 spiro atoms.